The predicted molar refractivity (Wildman–Crippen MR) is 83.2 cm³/mol. The minimum atomic E-state index is 0.208. The highest BCUT2D eigenvalue weighted by atomic mass is 32.1. The van der Waals surface area contributed by atoms with Gasteiger partial charge in [0, 0.05) is 21.7 Å². The van der Waals surface area contributed by atoms with Gasteiger partial charge in [-0.1, -0.05) is 18.8 Å². The lowest BCUT2D eigenvalue weighted by Gasteiger charge is -2.25. The van der Waals surface area contributed by atoms with E-state index >= 15 is 0 Å². The van der Waals surface area contributed by atoms with Gasteiger partial charge in [-0.15, -0.1) is 11.3 Å². The molecule has 0 atom stereocenters. The van der Waals surface area contributed by atoms with Crippen LogP contribution in [-0.2, 0) is 11.3 Å². The zero-order chi connectivity index (χ0) is 14.4. The summed E-state index contributed by atoms with van der Waals surface area (Å²) in [5.41, 5.74) is 6.33. The first-order chi connectivity index (χ1) is 9.69. The number of amides is 1. The second-order valence-electron chi connectivity index (χ2n) is 5.48. The Balaban J connectivity index is 1.79. The van der Waals surface area contributed by atoms with Crippen molar-refractivity contribution < 1.29 is 4.79 Å². The summed E-state index contributed by atoms with van der Waals surface area (Å²) in [6.07, 6.45) is 4.42. The molecule has 0 aromatic carbocycles. The molecule has 3 N–H and O–H groups in total. The van der Waals surface area contributed by atoms with Crippen molar-refractivity contribution in [1.82, 2.24) is 5.32 Å². The number of hydrogen-bond acceptors (Lipinski definition) is 3. The average Bonchev–Trinajstić information content (AvgIpc) is 2.91. The van der Waals surface area contributed by atoms with Crippen molar-refractivity contribution in [3.63, 3.8) is 0 Å². The molecule has 1 fully saturated rings. The Bertz CT molecular complexity index is 504. The summed E-state index contributed by atoms with van der Waals surface area (Å²) in [5, 5.41) is 5.06. The van der Waals surface area contributed by atoms with Crippen LogP contribution < -0.4 is 11.1 Å². The highest BCUT2D eigenvalue weighted by Crippen LogP contribution is 2.28. The van der Waals surface area contributed by atoms with Crippen LogP contribution in [0.4, 0.5) is 0 Å². The van der Waals surface area contributed by atoms with E-state index in [1.165, 1.54) is 12.8 Å². The first kappa shape index (κ1) is 15.1. The number of hydrogen-bond donors (Lipinski definition) is 2. The molecule has 20 heavy (non-hydrogen) atoms. The van der Waals surface area contributed by atoms with Gasteiger partial charge in [0.15, 0.2) is 0 Å². The average molecular weight is 290 g/mol. The lowest BCUT2D eigenvalue weighted by Crippen LogP contribution is -2.32. The van der Waals surface area contributed by atoms with Crippen molar-refractivity contribution in [2.75, 3.05) is 6.54 Å². The molecule has 1 saturated carbocycles. The zero-order valence-electron chi connectivity index (χ0n) is 11.9. The van der Waals surface area contributed by atoms with E-state index < -0.39 is 0 Å². The SMILES string of the molecule is CC1CCC(C(=O)NCc2cc(C#CCN)cs2)CC1. The van der Waals surface area contributed by atoms with E-state index in [-0.39, 0.29) is 11.8 Å². The van der Waals surface area contributed by atoms with Crippen LogP contribution in [0, 0.1) is 23.7 Å². The molecule has 1 aliphatic rings. The highest BCUT2D eigenvalue weighted by Gasteiger charge is 2.23. The third-order valence-corrected chi connectivity index (χ3v) is 4.75. The molecule has 1 aromatic rings. The lowest BCUT2D eigenvalue weighted by atomic mass is 9.82. The molecule has 0 aliphatic heterocycles. The quantitative estimate of drug-likeness (QED) is 0.840. The van der Waals surface area contributed by atoms with E-state index in [4.69, 9.17) is 5.73 Å². The van der Waals surface area contributed by atoms with Crippen LogP contribution in [0.5, 0.6) is 0 Å². The van der Waals surface area contributed by atoms with E-state index in [9.17, 15) is 4.79 Å². The Morgan fingerprint density at radius 2 is 2.20 bits per heavy atom. The maximum Gasteiger partial charge on any atom is 0.223 e. The molecule has 1 aromatic heterocycles. The molecule has 4 heteroatoms. The van der Waals surface area contributed by atoms with E-state index in [2.05, 4.69) is 24.1 Å². The normalized spacial score (nSPS) is 21.9. The van der Waals surface area contributed by atoms with Gasteiger partial charge in [0.05, 0.1) is 13.1 Å². The number of thiophene rings is 1. The fourth-order valence-electron chi connectivity index (χ4n) is 2.53. The summed E-state index contributed by atoms with van der Waals surface area (Å²) in [5.74, 6) is 7.04. The fraction of sp³-hybridized carbons (Fsp3) is 0.562. The third kappa shape index (κ3) is 4.36. The maximum absolute atomic E-state index is 12.1. The number of carbonyl (C=O) groups is 1. The van der Waals surface area contributed by atoms with Gasteiger partial charge < -0.3 is 11.1 Å². The second kappa shape index (κ2) is 7.47. The molecular weight excluding hydrogens is 268 g/mol. The Kier molecular flexibility index (Phi) is 5.63. The monoisotopic (exact) mass is 290 g/mol. The van der Waals surface area contributed by atoms with Crippen molar-refractivity contribution in [1.29, 1.82) is 0 Å². The Labute approximate surface area is 124 Å². The molecule has 0 unspecified atom stereocenters. The number of nitrogens with two attached hydrogens (primary N) is 1. The molecule has 3 nitrogen and oxygen atoms in total. The van der Waals surface area contributed by atoms with Crippen LogP contribution in [0.3, 0.4) is 0 Å². The molecule has 0 saturated heterocycles. The molecule has 0 radical (unpaired) electrons. The molecule has 1 heterocycles. The summed E-state index contributed by atoms with van der Waals surface area (Å²) in [7, 11) is 0. The summed E-state index contributed by atoms with van der Waals surface area (Å²) in [6.45, 7) is 3.26. The topological polar surface area (TPSA) is 55.1 Å². The van der Waals surface area contributed by atoms with Crippen molar-refractivity contribution >= 4 is 17.2 Å². The van der Waals surface area contributed by atoms with Gasteiger partial charge in [-0.05, 0) is 37.7 Å². The van der Waals surface area contributed by atoms with Crippen molar-refractivity contribution in [3.8, 4) is 11.8 Å². The smallest absolute Gasteiger partial charge is 0.223 e. The summed E-state index contributed by atoms with van der Waals surface area (Å²) >= 11 is 1.63. The minimum absolute atomic E-state index is 0.208. The molecule has 1 amide bonds. The molecule has 108 valence electrons. The van der Waals surface area contributed by atoms with Gasteiger partial charge in [0.2, 0.25) is 5.91 Å². The second-order valence-corrected chi connectivity index (χ2v) is 6.48. The number of nitrogens with one attached hydrogen (secondary N) is 1. The van der Waals surface area contributed by atoms with E-state index in [0.29, 0.717) is 13.1 Å². The van der Waals surface area contributed by atoms with Crippen molar-refractivity contribution in [2.24, 2.45) is 17.6 Å². The Morgan fingerprint density at radius 1 is 1.45 bits per heavy atom. The summed E-state index contributed by atoms with van der Waals surface area (Å²) in [4.78, 5) is 13.2. The largest absolute Gasteiger partial charge is 0.351 e. The Morgan fingerprint density at radius 3 is 2.90 bits per heavy atom. The van der Waals surface area contributed by atoms with E-state index in [1.807, 2.05) is 11.4 Å². The molecular formula is C16H22N2OS. The summed E-state index contributed by atoms with van der Waals surface area (Å²) < 4.78 is 0. The van der Waals surface area contributed by atoms with Crippen LogP contribution >= 0.6 is 11.3 Å². The molecule has 1 aliphatic carbocycles. The van der Waals surface area contributed by atoms with Gasteiger partial charge in [0.25, 0.3) is 0 Å². The first-order valence-corrected chi connectivity index (χ1v) is 8.11. The standard InChI is InChI=1S/C16H22N2OS/c1-12-4-6-14(7-5-12)16(19)18-10-15-9-13(11-20-15)3-2-8-17/h9,11-12,14H,4-8,10,17H2,1H3,(H,18,19). The van der Waals surface area contributed by atoms with E-state index in [1.54, 1.807) is 11.3 Å². The zero-order valence-corrected chi connectivity index (χ0v) is 12.8. The Hall–Kier alpha value is -1.31. The predicted octanol–water partition coefficient (Wildman–Crippen LogP) is 2.50. The first-order valence-electron chi connectivity index (χ1n) is 7.23. The van der Waals surface area contributed by atoms with Gasteiger partial charge >= 0.3 is 0 Å². The number of rotatable bonds is 3. The van der Waals surface area contributed by atoms with Crippen LogP contribution in [0.2, 0.25) is 0 Å². The summed E-state index contributed by atoms with van der Waals surface area (Å²) in [6, 6.07) is 2.02. The lowest BCUT2D eigenvalue weighted by molar-refractivity contribution is -0.126. The van der Waals surface area contributed by atoms with Crippen molar-refractivity contribution in [3.05, 3.63) is 21.9 Å². The maximum atomic E-state index is 12.1. The molecule has 0 bridgehead atoms. The van der Waals surface area contributed by atoms with Crippen LogP contribution in [-0.4, -0.2) is 12.5 Å². The third-order valence-electron chi connectivity index (χ3n) is 3.81. The molecule has 2 rings (SSSR count). The number of carbonyl (C=O) groups excluding carboxylic acids is 1. The van der Waals surface area contributed by atoms with Gasteiger partial charge in [0.1, 0.15) is 0 Å². The van der Waals surface area contributed by atoms with Gasteiger partial charge in [-0.2, -0.15) is 0 Å². The van der Waals surface area contributed by atoms with Crippen LogP contribution in [0.1, 0.15) is 43.0 Å². The minimum Gasteiger partial charge on any atom is -0.351 e. The van der Waals surface area contributed by atoms with Gasteiger partial charge in [-0.3, -0.25) is 4.79 Å². The van der Waals surface area contributed by atoms with Crippen LogP contribution in [0.15, 0.2) is 11.4 Å². The fourth-order valence-corrected chi connectivity index (χ4v) is 3.29. The van der Waals surface area contributed by atoms with E-state index in [0.717, 1.165) is 29.2 Å². The van der Waals surface area contributed by atoms with Gasteiger partial charge in [-0.25, -0.2) is 0 Å². The van der Waals surface area contributed by atoms with Crippen LogP contribution in [0.25, 0.3) is 0 Å². The highest BCUT2D eigenvalue weighted by molar-refractivity contribution is 7.10. The van der Waals surface area contributed by atoms with Crippen molar-refractivity contribution in [2.45, 2.75) is 39.2 Å². The molecule has 0 spiro atoms.